The lowest BCUT2D eigenvalue weighted by atomic mass is 10.2. The highest BCUT2D eigenvalue weighted by Crippen LogP contribution is 2.29. The number of nitrogens with one attached hydrogen (secondary N) is 1. The average molecular weight is 279 g/mol. The van der Waals surface area contributed by atoms with E-state index >= 15 is 0 Å². The Morgan fingerprint density at radius 1 is 1.30 bits per heavy atom. The monoisotopic (exact) mass is 279 g/mol. The highest BCUT2D eigenvalue weighted by molar-refractivity contribution is 5.90. The molecule has 0 bridgehead atoms. The predicted octanol–water partition coefficient (Wildman–Crippen LogP) is 2.78. The van der Waals surface area contributed by atoms with E-state index in [0.717, 1.165) is 18.4 Å². The fourth-order valence-corrected chi connectivity index (χ4v) is 1.55. The second kappa shape index (κ2) is 8.98. The predicted molar refractivity (Wildman–Crippen MR) is 77.0 cm³/mol. The van der Waals surface area contributed by atoms with Gasteiger partial charge in [0.15, 0.2) is 11.5 Å². The van der Waals surface area contributed by atoms with Gasteiger partial charge in [-0.1, -0.05) is 19.4 Å². The van der Waals surface area contributed by atoms with E-state index in [1.165, 1.54) is 11.6 Å². The molecule has 0 radical (unpaired) electrons. The number of hydroxylamine groups is 1. The van der Waals surface area contributed by atoms with Crippen molar-refractivity contribution in [2.24, 2.45) is 0 Å². The lowest BCUT2D eigenvalue weighted by molar-refractivity contribution is -0.124. The molecule has 2 N–H and O–H groups in total. The van der Waals surface area contributed by atoms with Gasteiger partial charge in [-0.05, 0) is 37.1 Å². The molecular weight excluding hydrogens is 258 g/mol. The van der Waals surface area contributed by atoms with Crippen LogP contribution in [0.2, 0.25) is 0 Å². The van der Waals surface area contributed by atoms with Crippen LogP contribution in [0.3, 0.4) is 0 Å². The minimum Gasteiger partial charge on any atom is -0.490 e. The van der Waals surface area contributed by atoms with Crippen LogP contribution >= 0.6 is 0 Å². The zero-order valence-electron chi connectivity index (χ0n) is 11.9. The number of carbonyl (C=O) groups excluding carboxylic acids is 1. The van der Waals surface area contributed by atoms with E-state index in [-0.39, 0.29) is 0 Å². The molecule has 0 heterocycles. The number of amides is 1. The van der Waals surface area contributed by atoms with Gasteiger partial charge in [-0.25, -0.2) is 5.48 Å². The molecule has 1 aromatic rings. The first-order chi connectivity index (χ1) is 9.71. The van der Waals surface area contributed by atoms with Crippen molar-refractivity contribution in [2.75, 3.05) is 13.2 Å². The first-order valence-electron chi connectivity index (χ1n) is 6.73. The molecule has 1 rings (SSSR count). The summed E-state index contributed by atoms with van der Waals surface area (Å²) in [5.74, 6) is 0.769. The fraction of sp³-hybridized carbons (Fsp3) is 0.400. The highest BCUT2D eigenvalue weighted by atomic mass is 16.5. The second-order valence-corrected chi connectivity index (χ2v) is 4.15. The molecule has 0 spiro atoms. The number of carbonyl (C=O) groups is 1. The summed E-state index contributed by atoms with van der Waals surface area (Å²) in [5, 5.41) is 8.42. The van der Waals surface area contributed by atoms with E-state index in [2.05, 4.69) is 6.92 Å². The van der Waals surface area contributed by atoms with Crippen LogP contribution in [0.1, 0.15) is 32.3 Å². The van der Waals surface area contributed by atoms with Gasteiger partial charge in [-0.2, -0.15) is 0 Å². The molecule has 5 nitrogen and oxygen atoms in total. The maximum absolute atomic E-state index is 10.9. The van der Waals surface area contributed by atoms with Crippen molar-refractivity contribution in [3.8, 4) is 11.5 Å². The van der Waals surface area contributed by atoms with Gasteiger partial charge in [0.25, 0.3) is 5.91 Å². The van der Waals surface area contributed by atoms with E-state index in [1.54, 1.807) is 12.1 Å². The Morgan fingerprint density at radius 3 is 2.75 bits per heavy atom. The molecule has 1 aromatic carbocycles. The van der Waals surface area contributed by atoms with E-state index in [4.69, 9.17) is 14.7 Å². The van der Waals surface area contributed by atoms with Crippen LogP contribution in [0.5, 0.6) is 11.5 Å². The summed E-state index contributed by atoms with van der Waals surface area (Å²) in [4.78, 5) is 10.9. The van der Waals surface area contributed by atoms with Crippen LogP contribution in [0.25, 0.3) is 6.08 Å². The molecule has 110 valence electrons. The van der Waals surface area contributed by atoms with Crippen molar-refractivity contribution in [1.29, 1.82) is 0 Å². The van der Waals surface area contributed by atoms with Gasteiger partial charge < -0.3 is 9.47 Å². The minimum atomic E-state index is -0.578. The molecule has 0 aliphatic heterocycles. The number of hydrogen-bond acceptors (Lipinski definition) is 4. The van der Waals surface area contributed by atoms with Crippen LogP contribution in [0, 0.1) is 0 Å². The first kappa shape index (κ1) is 16.0. The summed E-state index contributed by atoms with van der Waals surface area (Å²) in [6.07, 6.45) is 4.89. The molecule has 5 heteroatoms. The third kappa shape index (κ3) is 5.32. The SMILES string of the molecule is CCCCOc1ccc(C=CC(=O)NO)cc1OCC. The summed E-state index contributed by atoms with van der Waals surface area (Å²) in [6.45, 7) is 5.19. The van der Waals surface area contributed by atoms with Crippen LogP contribution in [0.15, 0.2) is 24.3 Å². The van der Waals surface area contributed by atoms with Crippen molar-refractivity contribution in [3.05, 3.63) is 29.8 Å². The standard InChI is InChI=1S/C15H21NO4/c1-3-5-10-20-13-8-6-12(7-9-15(17)16-18)11-14(13)19-4-2/h6-9,11,18H,3-5,10H2,1-2H3,(H,16,17). The molecule has 0 unspecified atom stereocenters. The Hall–Kier alpha value is -2.01. The van der Waals surface area contributed by atoms with E-state index in [9.17, 15) is 4.79 Å². The number of benzene rings is 1. The first-order valence-corrected chi connectivity index (χ1v) is 6.73. The molecule has 0 saturated heterocycles. The van der Waals surface area contributed by atoms with Gasteiger partial charge in [-0.3, -0.25) is 10.0 Å². The normalized spacial score (nSPS) is 10.6. The van der Waals surface area contributed by atoms with E-state index in [1.807, 2.05) is 19.1 Å². The maximum atomic E-state index is 10.9. The van der Waals surface area contributed by atoms with Crippen molar-refractivity contribution in [3.63, 3.8) is 0 Å². The zero-order valence-corrected chi connectivity index (χ0v) is 11.9. The molecule has 0 aliphatic carbocycles. The number of unbranched alkanes of at least 4 members (excludes halogenated alkanes) is 1. The molecule has 0 fully saturated rings. The Kier molecular flexibility index (Phi) is 7.21. The smallest absolute Gasteiger partial charge is 0.267 e. The maximum Gasteiger partial charge on any atom is 0.267 e. The third-order valence-corrected chi connectivity index (χ3v) is 2.56. The number of hydrogen-bond donors (Lipinski definition) is 2. The summed E-state index contributed by atoms with van der Waals surface area (Å²) < 4.78 is 11.2. The van der Waals surface area contributed by atoms with Gasteiger partial charge >= 0.3 is 0 Å². The largest absolute Gasteiger partial charge is 0.490 e. The Balaban J connectivity index is 2.82. The summed E-state index contributed by atoms with van der Waals surface area (Å²) in [6, 6.07) is 5.44. The number of rotatable bonds is 8. The van der Waals surface area contributed by atoms with Gasteiger partial charge in [0.05, 0.1) is 13.2 Å². The van der Waals surface area contributed by atoms with E-state index in [0.29, 0.717) is 24.7 Å². The van der Waals surface area contributed by atoms with Gasteiger partial charge in [0, 0.05) is 6.08 Å². The Labute approximate surface area is 119 Å². The van der Waals surface area contributed by atoms with Gasteiger partial charge in [-0.15, -0.1) is 0 Å². The van der Waals surface area contributed by atoms with Gasteiger partial charge in [0.1, 0.15) is 0 Å². The van der Waals surface area contributed by atoms with Crippen molar-refractivity contribution in [2.45, 2.75) is 26.7 Å². The van der Waals surface area contributed by atoms with Gasteiger partial charge in [0.2, 0.25) is 0 Å². The summed E-state index contributed by atoms with van der Waals surface area (Å²) in [7, 11) is 0. The Morgan fingerprint density at radius 2 is 2.10 bits per heavy atom. The van der Waals surface area contributed by atoms with Crippen molar-refractivity contribution in [1.82, 2.24) is 5.48 Å². The quantitative estimate of drug-likeness (QED) is 0.332. The summed E-state index contributed by atoms with van der Waals surface area (Å²) in [5.41, 5.74) is 2.33. The second-order valence-electron chi connectivity index (χ2n) is 4.15. The Bertz CT molecular complexity index is 457. The van der Waals surface area contributed by atoms with Crippen molar-refractivity contribution < 1.29 is 19.5 Å². The van der Waals surface area contributed by atoms with Crippen LogP contribution in [-0.4, -0.2) is 24.3 Å². The number of ether oxygens (including phenoxy) is 2. The average Bonchev–Trinajstić information content (AvgIpc) is 2.47. The molecule has 20 heavy (non-hydrogen) atoms. The van der Waals surface area contributed by atoms with Crippen LogP contribution in [0.4, 0.5) is 0 Å². The van der Waals surface area contributed by atoms with Crippen LogP contribution < -0.4 is 15.0 Å². The lowest BCUT2D eigenvalue weighted by Gasteiger charge is -2.12. The van der Waals surface area contributed by atoms with Crippen LogP contribution in [-0.2, 0) is 4.79 Å². The van der Waals surface area contributed by atoms with Crippen molar-refractivity contribution >= 4 is 12.0 Å². The minimum absolute atomic E-state index is 0.536. The summed E-state index contributed by atoms with van der Waals surface area (Å²) >= 11 is 0. The molecule has 1 amide bonds. The third-order valence-electron chi connectivity index (χ3n) is 2.56. The molecule has 0 aliphatic rings. The topological polar surface area (TPSA) is 67.8 Å². The van der Waals surface area contributed by atoms with E-state index < -0.39 is 5.91 Å². The highest BCUT2D eigenvalue weighted by Gasteiger charge is 2.05. The molecule has 0 atom stereocenters. The lowest BCUT2D eigenvalue weighted by Crippen LogP contribution is -2.14. The fourth-order valence-electron chi connectivity index (χ4n) is 1.55. The molecular formula is C15H21NO4. The molecule has 0 saturated carbocycles. The molecule has 0 aromatic heterocycles. The zero-order chi connectivity index (χ0) is 14.8.